The first-order valence-electron chi connectivity index (χ1n) is 6.42. The van der Waals surface area contributed by atoms with Gasteiger partial charge in [-0.15, -0.1) is 0 Å². The van der Waals surface area contributed by atoms with Crippen LogP contribution < -0.4 is 10.1 Å². The van der Waals surface area contributed by atoms with Crippen LogP contribution in [0.15, 0.2) is 54.6 Å². The van der Waals surface area contributed by atoms with Gasteiger partial charge in [-0.3, -0.25) is 9.59 Å². The third-order valence-electron chi connectivity index (χ3n) is 2.70. The smallest absolute Gasteiger partial charge is 0.312 e. The number of carboxylic acid groups (broad SMARTS) is 1. The maximum Gasteiger partial charge on any atom is 0.312 e. The van der Waals surface area contributed by atoms with Gasteiger partial charge in [0, 0.05) is 5.69 Å². The Morgan fingerprint density at radius 2 is 1.67 bits per heavy atom. The van der Waals surface area contributed by atoms with Gasteiger partial charge >= 0.3 is 5.97 Å². The highest BCUT2D eigenvalue weighted by Crippen LogP contribution is 2.17. The van der Waals surface area contributed by atoms with E-state index in [1.54, 1.807) is 24.3 Å². The lowest BCUT2D eigenvalue weighted by Gasteiger charge is -2.08. The molecule has 0 aliphatic carbocycles. The normalized spacial score (nSPS) is 9.90. The van der Waals surface area contributed by atoms with Crippen molar-refractivity contribution in [1.29, 1.82) is 0 Å². The molecular weight excluding hydrogens is 270 g/mol. The zero-order valence-corrected chi connectivity index (χ0v) is 11.3. The highest BCUT2D eigenvalue weighted by molar-refractivity contribution is 6.01. The quantitative estimate of drug-likeness (QED) is 0.800. The maximum atomic E-state index is 11.3. The number of hydrogen-bond acceptors (Lipinski definition) is 3. The molecule has 0 atom stereocenters. The number of carbonyl (C=O) groups is 2. The fraction of sp³-hybridized carbons (Fsp3) is 0.125. The minimum atomic E-state index is -1.16. The third kappa shape index (κ3) is 4.99. The molecule has 0 heterocycles. The molecule has 21 heavy (non-hydrogen) atoms. The van der Waals surface area contributed by atoms with E-state index >= 15 is 0 Å². The predicted molar refractivity (Wildman–Crippen MR) is 78.1 cm³/mol. The first kappa shape index (κ1) is 14.6. The Hall–Kier alpha value is -2.82. The van der Waals surface area contributed by atoms with Gasteiger partial charge in [0.15, 0.2) is 0 Å². The second-order valence-corrected chi connectivity index (χ2v) is 4.42. The second-order valence-electron chi connectivity index (χ2n) is 4.42. The van der Waals surface area contributed by atoms with Crippen LogP contribution in [0.25, 0.3) is 0 Å². The third-order valence-corrected chi connectivity index (χ3v) is 2.70. The summed E-state index contributed by atoms with van der Waals surface area (Å²) in [5.74, 6) is -1.04. The van der Waals surface area contributed by atoms with Crippen molar-refractivity contribution in [3.05, 3.63) is 60.2 Å². The van der Waals surface area contributed by atoms with Crippen LogP contribution in [-0.2, 0) is 16.2 Å². The number of rotatable bonds is 6. The molecule has 0 saturated carbocycles. The Morgan fingerprint density at radius 1 is 1.00 bits per heavy atom. The predicted octanol–water partition coefficient (Wildman–Crippen LogP) is 2.68. The Bertz CT molecular complexity index is 608. The average Bonchev–Trinajstić information content (AvgIpc) is 2.47. The summed E-state index contributed by atoms with van der Waals surface area (Å²) in [5, 5.41) is 11.0. The van der Waals surface area contributed by atoms with E-state index in [0.717, 1.165) is 5.56 Å². The van der Waals surface area contributed by atoms with Gasteiger partial charge in [0.2, 0.25) is 5.91 Å². The van der Waals surface area contributed by atoms with E-state index in [1.807, 2.05) is 30.3 Å². The van der Waals surface area contributed by atoms with E-state index in [0.29, 0.717) is 18.0 Å². The molecule has 5 nitrogen and oxygen atoms in total. The molecular formula is C16H15NO4. The van der Waals surface area contributed by atoms with Crippen LogP contribution in [0.5, 0.6) is 5.75 Å². The Balaban J connectivity index is 1.87. The summed E-state index contributed by atoms with van der Waals surface area (Å²) in [6.45, 7) is 0.464. The van der Waals surface area contributed by atoms with Gasteiger partial charge in [0.1, 0.15) is 18.8 Å². The van der Waals surface area contributed by atoms with Gasteiger partial charge < -0.3 is 15.2 Å². The van der Waals surface area contributed by atoms with Crippen molar-refractivity contribution >= 4 is 17.6 Å². The molecule has 2 rings (SSSR count). The van der Waals surface area contributed by atoms with Crippen LogP contribution in [0, 0.1) is 0 Å². The topological polar surface area (TPSA) is 75.6 Å². The fourth-order valence-corrected chi connectivity index (χ4v) is 1.72. The molecule has 0 saturated heterocycles. The van der Waals surface area contributed by atoms with E-state index < -0.39 is 18.3 Å². The molecule has 0 radical (unpaired) electrons. The van der Waals surface area contributed by atoms with Crippen molar-refractivity contribution in [2.24, 2.45) is 0 Å². The minimum Gasteiger partial charge on any atom is -0.489 e. The molecule has 0 aliphatic rings. The molecule has 2 aromatic carbocycles. The number of ether oxygens (including phenoxy) is 1. The van der Waals surface area contributed by atoms with Gasteiger partial charge in [-0.1, -0.05) is 30.3 Å². The van der Waals surface area contributed by atoms with Crippen LogP contribution in [0.3, 0.4) is 0 Å². The van der Waals surface area contributed by atoms with Crippen molar-refractivity contribution in [2.75, 3.05) is 5.32 Å². The lowest BCUT2D eigenvalue weighted by atomic mass is 10.2. The molecule has 108 valence electrons. The average molecular weight is 285 g/mol. The van der Waals surface area contributed by atoms with Crippen molar-refractivity contribution in [2.45, 2.75) is 13.0 Å². The highest BCUT2D eigenvalue weighted by Gasteiger charge is 2.07. The summed E-state index contributed by atoms with van der Waals surface area (Å²) in [6, 6.07) is 16.6. The van der Waals surface area contributed by atoms with E-state index in [2.05, 4.69) is 5.32 Å². The summed E-state index contributed by atoms with van der Waals surface area (Å²) in [7, 11) is 0. The molecule has 0 spiro atoms. The van der Waals surface area contributed by atoms with E-state index in [4.69, 9.17) is 9.84 Å². The van der Waals surface area contributed by atoms with Crippen LogP contribution in [0.4, 0.5) is 5.69 Å². The first-order chi connectivity index (χ1) is 10.1. The van der Waals surface area contributed by atoms with E-state index in [-0.39, 0.29) is 0 Å². The Morgan fingerprint density at radius 3 is 2.29 bits per heavy atom. The zero-order valence-electron chi connectivity index (χ0n) is 11.3. The highest BCUT2D eigenvalue weighted by atomic mass is 16.5. The number of nitrogens with one attached hydrogen (secondary N) is 1. The lowest BCUT2D eigenvalue weighted by molar-refractivity contribution is -0.139. The van der Waals surface area contributed by atoms with Crippen molar-refractivity contribution in [1.82, 2.24) is 0 Å². The van der Waals surface area contributed by atoms with Crippen molar-refractivity contribution in [3.63, 3.8) is 0 Å². The molecule has 0 fully saturated rings. The summed E-state index contributed by atoms with van der Waals surface area (Å²) < 4.78 is 5.61. The first-order valence-corrected chi connectivity index (χ1v) is 6.42. The van der Waals surface area contributed by atoms with Gasteiger partial charge in [0.05, 0.1) is 0 Å². The van der Waals surface area contributed by atoms with Crippen LogP contribution >= 0.6 is 0 Å². The van der Waals surface area contributed by atoms with Crippen molar-refractivity contribution in [3.8, 4) is 5.75 Å². The molecule has 0 aliphatic heterocycles. The molecule has 2 N–H and O–H groups in total. The number of benzene rings is 2. The Kier molecular flexibility index (Phi) is 4.93. The molecule has 1 amide bonds. The zero-order chi connectivity index (χ0) is 15.1. The number of aliphatic carboxylic acids is 1. The summed E-state index contributed by atoms with van der Waals surface area (Å²) >= 11 is 0. The fourth-order valence-electron chi connectivity index (χ4n) is 1.72. The number of hydrogen-bond donors (Lipinski definition) is 2. The molecule has 5 heteroatoms. The van der Waals surface area contributed by atoms with E-state index in [9.17, 15) is 9.59 Å². The molecule has 2 aromatic rings. The largest absolute Gasteiger partial charge is 0.489 e. The van der Waals surface area contributed by atoms with Gasteiger partial charge in [-0.05, 0) is 29.8 Å². The number of carboxylic acids is 1. The van der Waals surface area contributed by atoms with Crippen LogP contribution in [0.2, 0.25) is 0 Å². The van der Waals surface area contributed by atoms with Crippen LogP contribution in [0.1, 0.15) is 12.0 Å². The van der Waals surface area contributed by atoms with Crippen LogP contribution in [-0.4, -0.2) is 17.0 Å². The number of amides is 1. The second kappa shape index (κ2) is 7.09. The minimum absolute atomic E-state index is 0.464. The standard InChI is InChI=1S/C16H15NO4/c18-15(10-16(19)20)17-13-6-8-14(9-7-13)21-11-12-4-2-1-3-5-12/h1-9H,10-11H2,(H,17,18)(H,19,20). The SMILES string of the molecule is O=C(O)CC(=O)Nc1ccc(OCc2ccccc2)cc1. The Labute approximate surface area is 122 Å². The van der Waals surface area contributed by atoms with Gasteiger partial charge in [-0.25, -0.2) is 0 Å². The lowest BCUT2D eigenvalue weighted by Crippen LogP contribution is -2.15. The van der Waals surface area contributed by atoms with Crippen molar-refractivity contribution < 1.29 is 19.4 Å². The summed E-state index contributed by atoms with van der Waals surface area (Å²) in [6.07, 6.45) is -0.549. The maximum absolute atomic E-state index is 11.3. The monoisotopic (exact) mass is 285 g/mol. The molecule has 0 unspecified atom stereocenters. The molecule has 0 aromatic heterocycles. The van der Waals surface area contributed by atoms with Gasteiger partial charge in [0.25, 0.3) is 0 Å². The summed E-state index contributed by atoms with van der Waals surface area (Å²) in [4.78, 5) is 21.7. The number of carbonyl (C=O) groups excluding carboxylic acids is 1. The van der Waals surface area contributed by atoms with Gasteiger partial charge in [-0.2, -0.15) is 0 Å². The molecule has 0 bridgehead atoms. The summed E-state index contributed by atoms with van der Waals surface area (Å²) in [5.41, 5.74) is 1.60. The van der Waals surface area contributed by atoms with E-state index in [1.165, 1.54) is 0 Å². The number of anilines is 1.